The third-order valence-corrected chi connectivity index (χ3v) is 5.22. The van der Waals surface area contributed by atoms with E-state index in [-0.39, 0.29) is 0 Å². The van der Waals surface area contributed by atoms with E-state index in [0.717, 1.165) is 31.8 Å². The summed E-state index contributed by atoms with van der Waals surface area (Å²) in [6, 6.07) is 0. The van der Waals surface area contributed by atoms with Gasteiger partial charge in [-0.25, -0.2) is 0 Å². The molecule has 0 spiro atoms. The van der Waals surface area contributed by atoms with Gasteiger partial charge in [0.25, 0.3) is 0 Å². The number of piperidine rings is 1. The number of hydrogen-bond acceptors (Lipinski definition) is 2. The van der Waals surface area contributed by atoms with Crippen LogP contribution in [0.25, 0.3) is 0 Å². The van der Waals surface area contributed by atoms with Crippen LogP contribution in [-0.4, -0.2) is 35.6 Å². The molecule has 2 fully saturated rings. The van der Waals surface area contributed by atoms with Crippen molar-refractivity contribution in [1.82, 2.24) is 4.90 Å². The van der Waals surface area contributed by atoms with Gasteiger partial charge in [-0.05, 0) is 51.6 Å². The van der Waals surface area contributed by atoms with Gasteiger partial charge in [0.05, 0.1) is 5.41 Å². The van der Waals surface area contributed by atoms with E-state index in [9.17, 15) is 9.90 Å². The molecule has 2 rings (SSSR count). The molecular weight excluding hydrogens is 238 g/mol. The van der Waals surface area contributed by atoms with E-state index in [2.05, 4.69) is 4.90 Å². The van der Waals surface area contributed by atoms with Crippen LogP contribution in [0.15, 0.2) is 0 Å². The molecule has 3 nitrogen and oxygen atoms in total. The predicted molar refractivity (Wildman–Crippen MR) is 77.2 cm³/mol. The van der Waals surface area contributed by atoms with Gasteiger partial charge >= 0.3 is 5.97 Å². The molecule has 1 saturated heterocycles. The van der Waals surface area contributed by atoms with Crippen molar-refractivity contribution >= 4 is 5.97 Å². The monoisotopic (exact) mass is 267 g/mol. The summed E-state index contributed by atoms with van der Waals surface area (Å²) in [7, 11) is 0. The van der Waals surface area contributed by atoms with Crippen LogP contribution in [0.2, 0.25) is 0 Å². The fraction of sp³-hybridized carbons (Fsp3) is 0.938. The van der Waals surface area contributed by atoms with Crippen LogP contribution in [0.3, 0.4) is 0 Å². The molecule has 1 aliphatic carbocycles. The van der Waals surface area contributed by atoms with Gasteiger partial charge in [-0.2, -0.15) is 0 Å². The van der Waals surface area contributed by atoms with E-state index in [4.69, 9.17) is 0 Å². The Morgan fingerprint density at radius 1 is 1.11 bits per heavy atom. The van der Waals surface area contributed by atoms with Crippen molar-refractivity contribution in [3.63, 3.8) is 0 Å². The Hall–Kier alpha value is -0.570. The lowest BCUT2D eigenvalue weighted by Gasteiger charge is -2.38. The maximum absolute atomic E-state index is 11.2. The molecule has 0 amide bonds. The molecule has 1 aliphatic heterocycles. The minimum atomic E-state index is -0.613. The molecule has 1 N–H and O–H groups in total. The zero-order valence-electron chi connectivity index (χ0n) is 12.4. The molecule has 110 valence electrons. The Morgan fingerprint density at radius 3 is 2.16 bits per heavy atom. The van der Waals surface area contributed by atoms with E-state index < -0.39 is 11.4 Å². The van der Waals surface area contributed by atoms with E-state index in [1.807, 2.05) is 6.92 Å². The van der Waals surface area contributed by atoms with Gasteiger partial charge in [0.15, 0.2) is 0 Å². The Bertz CT molecular complexity index is 287. The highest BCUT2D eigenvalue weighted by molar-refractivity contribution is 5.74. The first-order valence-corrected chi connectivity index (χ1v) is 8.06. The summed E-state index contributed by atoms with van der Waals surface area (Å²) in [6.45, 7) is 5.05. The standard InChI is InChI=1S/C16H29NO2/c1-16(15(18)19)9-11-17(12-10-16)13-14-7-5-3-2-4-6-8-14/h14H,2-13H2,1H3,(H,18,19). The van der Waals surface area contributed by atoms with Crippen LogP contribution in [0, 0.1) is 11.3 Å². The number of nitrogens with zero attached hydrogens (tertiary/aromatic N) is 1. The maximum Gasteiger partial charge on any atom is 0.309 e. The quantitative estimate of drug-likeness (QED) is 0.850. The van der Waals surface area contributed by atoms with E-state index in [0.29, 0.717) is 0 Å². The summed E-state index contributed by atoms with van der Waals surface area (Å²) in [5.74, 6) is 0.243. The molecule has 0 atom stereocenters. The van der Waals surface area contributed by atoms with Gasteiger partial charge in [-0.3, -0.25) is 4.79 Å². The van der Waals surface area contributed by atoms with E-state index >= 15 is 0 Å². The number of carboxylic acid groups (broad SMARTS) is 1. The number of rotatable bonds is 3. The lowest BCUT2D eigenvalue weighted by molar-refractivity contribution is -0.150. The first-order valence-electron chi connectivity index (χ1n) is 8.06. The summed E-state index contributed by atoms with van der Waals surface area (Å²) in [6.07, 6.45) is 11.4. The minimum absolute atomic E-state index is 0.475. The third-order valence-electron chi connectivity index (χ3n) is 5.22. The van der Waals surface area contributed by atoms with Crippen molar-refractivity contribution in [2.75, 3.05) is 19.6 Å². The number of carbonyl (C=O) groups is 1. The fourth-order valence-corrected chi connectivity index (χ4v) is 3.53. The summed E-state index contributed by atoms with van der Waals surface area (Å²) in [5.41, 5.74) is -0.475. The molecular formula is C16H29NO2. The smallest absolute Gasteiger partial charge is 0.309 e. The van der Waals surface area contributed by atoms with Gasteiger partial charge in [-0.15, -0.1) is 0 Å². The second-order valence-electron chi connectivity index (χ2n) is 6.88. The molecule has 3 heteroatoms. The van der Waals surface area contributed by atoms with Gasteiger partial charge in [0.1, 0.15) is 0 Å². The summed E-state index contributed by atoms with van der Waals surface area (Å²) >= 11 is 0. The van der Waals surface area contributed by atoms with Gasteiger partial charge in [0, 0.05) is 6.54 Å². The largest absolute Gasteiger partial charge is 0.481 e. The maximum atomic E-state index is 11.2. The number of carboxylic acids is 1. The summed E-state index contributed by atoms with van der Waals surface area (Å²) in [5, 5.41) is 9.26. The van der Waals surface area contributed by atoms with E-state index in [1.54, 1.807) is 0 Å². The van der Waals surface area contributed by atoms with Gasteiger partial charge in [0.2, 0.25) is 0 Å². The van der Waals surface area contributed by atoms with E-state index in [1.165, 1.54) is 51.5 Å². The lowest BCUT2D eigenvalue weighted by Crippen LogP contribution is -2.44. The van der Waals surface area contributed by atoms with Crippen molar-refractivity contribution in [2.24, 2.45) is 11.3 Å². The Morgan fingerprint density at radius 2 is 1.63 bits per heavy atom. The SMILES string of the molecule is CC1(C(=O)O)CCN(CC2CCCCCCC2)CC1. The number of aliphatic carboxylic acids is 1. The molecule has 0 radical (unpaired) electrons. The zero-order chi connectivity index (χ0) is 13.7. The van der Waals surface area contributed by atoms with Crippen LogP contribution < -0.4 is 0 Å². The Labute approximate surface area is 117 Å². The van der Waals surface area contributed by atoms with Crippen molar-refractivity contribution in [1.29, 1.82) is 0 Å². The van der Waals surface area contributed by atoms with Crippen LogP contribution >= 0.6 is 0 Å². The third kappa shape index (κ3) is 4.20. The predicted octanol–water partition coefficient (Wildman–Crippen LogP) is 3.53. The highest BCUT2D eigenvalue weighted by Gasteiger charge is 2.37. The van der Waals surface area contributed by atoms with Crippen molar-refractivity contribution < 1.29 is 9.90 Å². The normalized spacial score (nSPS) is 26.6. The molecule has 0 aromatic carbocycles. The number of likely N-dealkylation sites (tertiary alicyclic amines) is 1. The van der Waals surface area contributed by atoms with Crippen LogP contribution in [0.1, 0.15) is 64.7 Å². The molecule has 2 aliphatic rings. The molecule has 1 saturated carbocycles. The molecule has 1 heterocycles. The highest BCUT2D eigenvalue weighted by Crippen LogP contribution is 2.32. The Kier molecular flexibility index (Phi) is 5.26. The number of hydrogen-bond donors (Lipinski definition) is 1. The molecule has 0 bridgehead atoms. The minimum Gasteiger partial charge on any atom is -0.481 e. The summed E-state index contributed by atoms with van der Waals surface area (Å²) < 4.78 is 0. The second kappa shape index (κ2) is 6.74. The fourth-order valence-electron chi connectivity index (χ4n) is 3.53. The van der Waals surface area contributed by atoms with Crippen LogP contribution in [-0.2, 0) is 4.79 Å². The zero-order valence-corrected chi connectivity index (χ0v) is 12.4. The van der Waals surface area contributed by atoms with Gasteiger partial charge in [-0.1, -0.05) is 32.1 Å². The highest BCUT2D eigenvalue weighted by atomic mass is 16.4. The molecule has 0 aromatic rings. The average Bonchev–Trinajstić information content (AvgIpc) is 2.35. The molecule has 0 unspecified atom stereocenters. The Balaban J connectivity index is 1.76. The first-order chi connectivity index (χ1) is 9.10. The average molecular weight is 267 g/mol. The van der Waals surface area contributed by atoms with Gasteiger partial charge < -0.3 is 10.0 Å². The molecule has 19 heavy (non-hydrogen) atoms. The first kappa shape index (κ1) is 14.8. The molecule has 0 aromatic heterocycles. The van der Waals surface area contributed by atoms with Crippen LogP contribution in [0.5, 0.6) is 0 Å². The van der Waals surface area contributed by atoms with Crippen molar-refractivity contribution in [3.8, 4) is 0 Å². The lowest BCUT2D eigenvalue weighted by atomic mass is 9.80. The van der Waals surface area contributed by atoms with Crippen LogP contribution in [0.4, 0.5) is 0 Å². The second-order valence-corrected chi connectivity index (χ2v) is 6.88. The van der Waals surface area contributed by atoms with Crippen molar-refractivity contribution in [2.45, 2.75) is 64.7 Å². The summed E-state index contributed by atoms with van der Waals surface area (Å²) in [4.78, 5) is 13.7. The van der Waals surface area contributed by atoms with Crippen molar-refractivity contribution in [3.05, 3.63) is 0 Å². The topological polar surface area (TPSA) is 40.5 Å².